The summed E-state index contributed by atoms with van der Waals surface area (Å²) in [4.78, 5) is 10.8. The predicted molar refractivity (Wildman–Crippen MR) is 119 cm³/mol. The topological polar surface area (TPSA) is 73.5 Å². The molecular formula is C24H20FN5O. The first-order valence-corrected chi connectivity index (χ1v) is 9.68. The van der Waals surface area contributed by atoms with Crippen molar-refractivity contribution < 1.29 is 9.13 Å². The fraction of sp³-hybridized carbons (Fsp3) is 0.125. The normalized spacial score (nSPS) is 13.1. The number of nitrogens with one attached hydrogen (secondary N) is 1. The van der Waals surface area contributed by atoms with Gasteiger partial charge < -0.3 is 15.0 Å². The van der Waals surface area contributed by atoms with E-state index in [1.165, 1.54) is 12.1 Å². The van der Waals surface area contributed by atoms with Crippen molar-refractivity contribution in [3.05, 3.63) is 95.6 Å². The first-order chi connectivity index (χ1) is 15.2. The maximum absolute atomic E-state index is 13.2. The van der Waals surface area contributed by atoms with Gasteiger partial charge in [-0.3, -0.25) is 4.99 Å². The molecule has 0 amide bonds. The van der Waals surface area contributed by atoms with E-state index in [0.717, 1.165) is 28.4 Å². The lowest BCUT2D eigenvalue weighted by Gasteiger charge is -2.23. The molecule has 7 heteroatoms. The Morgan fingerprint density at radius 1 is 1.10 bits per heavy atom. The van der Waals surface area contributed by atoms with Gasteiger partial charge in [0.05, 0.1) is 18.4 Å². The van der Waals surface area contributed by atoms with Crippen molar-refractivity contribution in [2.45, 2.75) is 6.54 Å². The minimum absolute atomic E-state index is 0.304. The van der Waals surface area contributed by atoms with E-state index in [9.17, 15) is 9.65 Å². The van der Waals surface area contributed by atoms with Crippen LogP contribution in [0.15, 0.2) is 83.6 Å². The van der Waals surface area contributed by atoms with Gasteiger partial charge in [0.25, 0.3) is 0 Å². The first-order valence-electron chi connectivity index (χ1n) is 9.68. The largest absolute Gasteiger partial charge is 0.497 e. The molecule has 31 heavy (non-hydrogen) atoms. The van der Waals surface area contributed by atoms with Crippen molar-refractivity contribution >= 4 is 17.2 Å². The number of halogens is 1. The van der Waals surface area contributed by atoms with Crippen LogP contribution in [0.4, 0.5) is 15.9 Å². The molecule has 0 fully saturated rings. The zero-order valence-corrected chi connectivity index (χ0v) is 16.9. The summed E-state index contributed by atoms with van der Waals surface area (Å²) in [5, 5.41) is 12.9. The third-order valence-corrected chi connectivity index (χ3v) is 4.87. The average Bonchev–Trinajstić information content (AvgIpc) is 2.83. The molecular weight excluding hydrogens is 393 g/mol. The molecule has 154 valence electrons. The maximum atomic E-state index is 13.2. The molecule has 0 unspecified atom stereocenters. The molecule has 3 aromatic rings. The van der Waals surface area contributed by atoms with Crippen LogP contribution in [0.3, 0.4) is 0 Å². The summed E-state index contributed by atoms with van der Waals surface area (Å²) in [5.41, 5.74) is 3.67. The van der Waals surface area contributed by atoms with E-state index in [-0.39, 0.29) is 5.82 Å². The summed E-state index contributed by atoms with van der Waals surface area (Å²) in [6.07, 6.45) is 3.43. The molecule has 0 bridgehead atoms. The number of nitriles is 1. The van der Waals surface area contributed by atoms with Crippen LogP contribution in [-0.2, 0) is 6.54 Å². The van der Waals surface area contributed by atoms with Crippen LogP contribution in [0.25, 0.3) is 0 Å². The van der Waals surface area contributed by atoms with Gasteiger partial charge in [-0.05, 0) is 54.1 Å². The Labute approximate surface area is 180 Å². The second-order valence-corrected chi connectivity index (χ2v) is 6.88. The fourth-order valence-corrected chi connectivity index (χ4v) is 3.18. The SMILES string of the molecule is COc1ccc(CNc2ccc(C3=NCN(c4ccc(F)cc4)C=C3C#N)cn2)cc1. The summed E-state index contributed by atoms with van der Waals surface area (Å²) in [5.74, 6) is 1.24. The summed E-state index contributed by atoms with van der Waals surface area (Å²) >= 11 is 0. The molecule has 0 radical (unpaired) electrons. The van der Waals surface area contributed by atoms with Crippen LogP contribution in [0.5, 0.6) is 5.75 Å². The smallest absolute Gasteiger partial charge is 0.126 e. The quantitative estimate of drug-likeness (QED) is 0.643. The molecule has 0 saturated heterocycles. The second kappa shape index (κ2) is 9.09. The van der Waals surface area contributed by atoms with Gasteiger partial charge in [-0.25, -0.2) is 9.37 Å². The highest BCUT2D eigenvalue weighted by molar-refractivity contribution is 6.15. The monoisotopic (exact) mass is 413 g/mol. The highest BCUT2D eigenvalue weighted by atomic mass is 19.1. The third kappa shape index (κ3) is 4.70. The van der Waals surface area contributed by atoms with E-state index in [2.05, 4.69) is 21.4 Å². The summed E-state index contributed by atoms with van der Waals surface area (Å²) in [6, 6.07) is 19.9. The van der Waals surface area contributed by atoms with Crippen molar-refractivity contribution in [2.75, 3.05) is 24.0 Å². The van der Waals surface area contributed by atoms with E-state index in [4.69, 9.17) is 4.74 Å². The predicted octanol–water partition coefficient (Wildman–Crippen LogP) is 4.52. The summed E-state index contributed by atoms with van der Waals surface area (Å²) in [7, 11) is 1.64. The first kappa shape index (κ1) is 20.1. The number of hydrogen-bond donors (Lipinski definition) is 1. The van der Waals surface area contributed by atoms with Gasteiger partial charge in [0, 0.05) is 30.2 Å². The number of aliphatic imine (C=N–C) groups is 1. The fourth-order valence-electron chi connectivity index (χ4n) is 3.18. The molecule has 1 N–H and O–H groups in total. The standard InChI is InChI=1S/C24H20FN5O/c1-31-22-9-2-17(3-10-22)13-27-23-11-4-18(14-28-23)24-19(12-26)15-30(16-29-24)21-7-5-20(25)6-8-21/h2-11,14-15H,13,16H2,1H3,(H,27,28). The lowest BCUT2D eigenvalue weighted by molar-refractivity contribution is 0.414. The summed E-state index contributed by atoms with van der Waals surface area (Å²) < 4.78 is 18.3. The maximum Gasteiger partial charge on any atom is 0.126 e. The van der Waals surface area contributed by atoms with Crippen molar-refractivity contribution in [1.29, 1.82) is 5.26 Å². The number of hydrogen-bond acceptors (Lipinski definition) is 6. The Morgan fingerprint density at radius 3 is 2.52 bits per heavy atom. The van der Waals surface area contributed by atoms with Gasteiger partial charge in [0.15, 0.2) is 0 Å². The number of ether oxygens (including phenoxy) is 1. The molecule has 0 aliphatic carbocycles. The number of pyridine rings is 1. The number of rotatable bonds is 6. The Balaban J connectivity index is 1.43. The number of anilines is 2. The lowest BCUT2D eigenvalue weighted by Crippen LogP contribution is -2.24. The number of aromatic nitrogens is 1. The number of methoxy groups -OCH3 is 1. The Morgan fingerprint density at radius 2 is 1.87 bits per heavy atom. The zero-order valence-electron chi connectivity index (χ0n) is 16.9. The van der Waals surface area contributed by atoms with Gasteiger partial charge in [0.1, 0.15) is 30.1 Å². The van der Waals surface area contributed by atoms with Crippen LogP contribution in [0, 0.1) is 17.1 Å². The Bertz CT molecular complexity index is 1150. The van der Waals surface area contributed by atoms with Crippen LogP contribution < -0.4 is 15.0 Å². The van der Waals surface area contributed by atoms with Gasteiger partial charge in [-0.15, -0.1) is 0 Å². The molecule has 0 spiro atoms. The molecule has 0 atom stereocenters. The molecule has 1 aliphatic heterocycles. The van der Waals surface area contributed by atoms with Crippen LogP contribution >= 0.6 is 0 Å². The molecule has 0 saturated carbocycles. The second-order valence-electron chi connectivity index (χ2n) is 6.88. The van der Waals surface area contributed by atoms with E-state index < -0.39 is 0 Å². The molecule has 2 aromatic carbocycles. The Hall–Kier alpha value is -4.18. The Kier molecular flexibility index (Phi) is 5.90. The van der Waals surface area contributed by atoms with Crippen LogP contribution in [-0.4, -0.2) is 24.5 Å². The molecule has 1 aliphatic rings. The molecule has 6 nitrogen and oxygen atoms in total. The zero-order chi connectivity index (χ0) is 21.6. The van der Waals surface area contributed by atoms with Crippen molar-refractivity contribution in [3.8, 4) is 11.8 Å². The van der Waals surface area contributed by atoms with Crippen LogP contribution in [0.1, 0.15) is 11.1 Å². The minimum Gasteiger partial charge on any atom is -0.497 e. The lowest BCUT2D eigenvalue weighted by atomic mass is 10.0. The highest BCUT2D eigenvalue weighted by Gasteiger charge is 2.18. The molecule has 4 rings (SSSR count). The number of nitrogens with zero attached hydrogens (tertiary/aromatic N) is 4. The van der Waals surface area contributed by atoms with E-state index >= 15 is 0 Å². The summed E-state index contributed by atoms with van der Waals surface area (Å²) in [6.45, 7) is 0.969. The van der Waals surface area contributed by atoms with Gasteiger partial charge in [0.2, 0.25) is 0 Å². The minimum atomic E-state index is -0.304. The van der Waals surface area contributed by atoms with Crippen molar-refractivity contribution in [3.63, 3.8) is 0 Å². The van der Waals surface area contributed by atoms with Crippen LogP contribution in [0.2, 0.25) is 0 Å². The van der Waals surface area contributed by atoms with Gasteiger partial charge in [-0.1, -0.05) is 12.1 Å². The van der Waals surface area contributed by atoms with Crippen molar-refractivity contribution in [1.82, 2.24) is 4.98 Å². The average molecular weight is 413 g/mol. The third-order valence-electron chi connectivity index (χ3n) is 4.87. The van der Waals surface area contributed by atoms with E-state index in [1.807, 2.05) is 36.4 Å². The molecule has 2 heterocycles. The van der Waals surface area contributed by atoms with E-state index in [0.29, 0.717) is 24.5 Å². The van der Waals surface area contributed by atoms with Gasteiger partial charge >= 0.3 is 0 Å². The van der Waals surface area contributed by atoms with Crippen molar-refractivity contribution in [2.24, 2.45) is 4.99 Å². The number of benzene rings is 2. The highest BCUT2D eigenvalue weighted by Crippen LogP contribution is 2.22. The van der Waals surface area contributed by atoms with E-state index in [1.54, 1.807) is 36.5 Å². The number of allylic oxidation sites excluding steroid dienone is 1. The van der Waals surface area contributed by atoms with Gasteiger partial charge in [-0.2, -0.15) is 5.26 Å². The molecule has 1 aromatic heterocycles.